The number of carbonyl (C=O) groups excluding carboxylic acids is 2. The summed E-state index contributed by atoms with van der Waals surface area (Å²) >= 11 is 5.96. The number of benzene rings is 1. The van der Waals surface area contributed by atoms with Crippen LogP contribution in [0, 0.1) is 5.92 Å². The maximum atomic E-state index is 12.6. The number of nitrogens with two attached hydrogens (primary N) is 1. The summed E-state index contributed by atoms with van der Waals surface area (Å²) in [6.45, 7) is 2.32. The van der Waals surface area contributed by atoms with Gasteiger partial charge in [0.1, 0.15) is 0 Å². The van der Waals surface area contributed by atoms with Gasteiger partial charge < -0.3 is 15.5 Å². The summed E-state index contributed by atoms with van der Waals surface area (Å²) in [5.41, 5.74) is 6.59. The van der Waals surface area contributed by atoms with Gasteiger partial charge in [-0.25, -0.2) is 0 Å². The number of hydrogen-bond donors (Lipinski definition) is 1. The second-order valence-electron chi connectivity index (χ2n) is 6.75. The largest absolute Gasteiger partial charge is 0.339 e. The fourth-order valence-electron chi connectivity index (χ4n) is 3.64. The molecule has 0 bridgehead atoms. The Morgan fingerprint density at radius 1 is 1.08 bits per heavy atom. The van der Waals surface area contributed by atoms with Crippen LogP contribution in [0.25, 0.3) is 0 Å². The molecule has 5 nitrogen and oxygen atoms in total. The van der Waals surface area contributed by atoms with Gasteiger partial charge in [-0.15, -0.1) is 0 Å². The summed E-state index contributed by atoms with van der Waals surface area (Å²) in [5, 5.41) is 0.559. The number of halogens is 1. The zero-order valence-corrected chi connectivity index (χ0v) is 14.5. The van der Waals surface area contributed by atoms with Crippen molar-refractivity contribution in [1.29, 1.82) is 0 Å². The van der Waals surface area contributed by atoms with Crippen molar-refractivity contribution in [3.63, 3.8) is 0 Å². The Bertz CT molecular complexity index is 614. The van der Waals surface area contributed by atoms with E-state index in [2.05, 4.69) is 0 Å². The van der Waals surface area contributed by atoms with Crippen molar-refractivity contribution in [3.05, 3.63) is 34.9 Å². The fraction of sp³-hybridized carbons (Fsp3) is 0.556. The molecule has 2 unspecified atom stereocenters. The zero-order chi connectivity index (χ0) is 17.1. The molecule has 2 fully saturated rings. The fourth-order valence-corrected chi connectivity index (χ4v) is 3.83. The zero-order valence-electron chi connectivity index (χ0n) is 13.8. The van der Waals surface area contributed by atoms with E-state index in [1.165, 1.54) is 0 Å². The summed E-state index contributed by atoms with van der Waals surface area (Å²) in [5.74, 6) is 0.244. The van der Waals surface area contributed by atoms with E-state index in [-0.39, 0.29) is 23.8 Å². The molecule has 130 valence electrons. The Balaban J connectivity index is 1.55. The van der Waals surface area contributed by atoms with Gasteiger partial charge in [0.05, 0.1) is 0 Å². The summed E-state index contributed by atoms with van der Waals surface area (Å²) < 4.78 is 0. The normalized spacial score (nSPS) is 24.8. The number of nitrogens with zero attached hydrogens (tertiary/aromatic N) is 2. The highest BCUT2D eigenvalue weighted by Gasteiger charge is 2.31. The first-order chi connectivity index (χ1) is 11.5. The van der Waals surface area contributed by atoms with Gasteiger partial charge in [-0.3, -0.25) is 9.59 Å². The average Bonchev–Trinajstić information content (AvgIpc) is 2.60. The minimum Gasteiger partial charge on any atom is -0.339 e. The van der Waals surface area contributed by atoms with Crippen LogP contribution in [0.5, 0.6) is 0 Å². The molecule has 1 aliphatic carbocycles. The lowest BCUT2D eigenvalue weighted by Crippen LogP contribution is -2.52. The highest BCUT2D eigenvalue weighted by Crippen LogP contribution is 2.25. The number of carbonyl (C=O) groups is 2. The van der Waals surface area contributed by atoms with Gasteiger partial charge in [0.2, 0.25) is 5.91 Å². The third-order valence-electron chi connectivity index (χ3n) is 5.01. The van der Waals surface area contributed by atoms with Crippen LogP contribution in [-0.2, 0) is 4.79 Å². The minimum absolute atomic E-state index is 0.0238. The molecule has 0 aromatic heterocycles. The molecule has 1 heterocycles. The second-order valence-corrected chi connectivity index (χ2v) is 7.19. The van der Waals surface area contributed by atoms with Gasteiger partial charge >= 0.3 is 0 Å². The lowest BCUT2D eigenvalue weighted by Gasteiger charge is -2.37. The quantitative estimate of drug-likeness (QED) is 0.889. The second kappa shape index (κ2) is 7.53. The van der Waals surface area contributed by atoms with Crippen LogP contribution in [-0.4, -0.2) is 53.8 Å². The Morgan fingerprint density at radius 2 is 1.79 bits per heavy atom. The lowest BCUT2D eigenvalue weighted by molar-refractivity contribution is -0.138. The first kappa shape index (κ1) is 17.2. The predicted molar refractivity (Wildman–Crippen MR) is 93.9 cm³/mol. The Hall–Kier alpha value is -1.59. The Morgan fingerprint density at radius 3 is 2.46 bits per heavy atom. The predicted octanol–water partition coefficient (Wildman–Crippen LogP) is 2.14. The van der Waals surface area contributed by atoms with Crippen LogP contribution >= 0.6 is 11.6 Å². The Labute approximate surface area is 147 Å². The van der Waals surface area contributed by atoms with Crippen molar-refractivity contribution < 1.29 is 9.59 Å². The van der Waals surface area contributed by atoms with Gasteiger partial charge in [0.15, 0.2) is 0 Å². The molecule has 1 aromatic rings. The first-order valence-corrected chi connectivity index (χ1v) is 9.01. The van der Waals surface area contributed by atoms with E-state index >= 15 is 0 Å². The summed E-state index contributed by atoms with van der Waals surface area (Å²) in [6.07, 6.45) is 3.78. The molecule has 1 saturated heterocycles. The molecule has 2 atom stereocenters. The van der Waals surface area contributed by atoms with Gasteiger partial charge in [-0.05, 0) is 37.5 Å². The molecule has 1 saturated carbocycles. The molecule has 3 rings (SSSR count). The topological polar surface area (TPSA) is 66.6 Å². The molecule has 2 N–H and O–H groups in total. The standard InChI is InChI=1S/C18H24ClN3O2/c19-15-5-1-3-13(11-15)17(23)21-7-9-22(10-8-21)18(24)14-4-2-6-16(20)12-14/h1,3,5,11,14,16H,2,4,6-10,12,20H2. The third kappa shape index (κ3) is 3.90. The summed E-state index contributed by atoms with van der Waals surface area (Å²) in [6, 6.07) is 7.14. The molecule has 1 aliphatic heterocycles. The summed E-state index contributed by atoms with van der Waals surface area (Å²) in [4.78, 5) is 28.8. The van der Waals surface area contributed by atoms with E-state index in [0.29, 0.717) is 36.8 Å². The smallest absolute Gasteiger partial charge is 0.254 e. The van der Waals surface area contributed by atoms with Crippen LogP contribution in [0.4, 0.5) is 0 Å². The highest BCUT2D eigenvalue weighted by molar-refractivity contribution is 6.30. The van der Waals surface area contributed by atoms with Crippen molar-refractivity contribution in [3.8, 4) is 0 Å². The maximum Gasteiger partial charge on any atom is 0.254 e. The molecule has 0 radical (unpaired) electrons. The van der Waals surface area contributed by atoms with Gasteiger partial charge in [-0.1, -0.05) is 24.1 Å². The molecule has 1 aromatic carbocycles. The highest BCUT2D eigenvalue weighted by atomic mass is 35.5. The average molecular weight is 350 g/mol. The van der Waals surface area contributed by atoms with Gasteiger partial charge in [0, 0.05) is 48.7 Å². The van der Waals surface area contributed by atoms with Gasteiger partial charge in [0.25, 0.3) is 5.91 Å². The van der Waals surface area contributed by atoms with Crippen molar-refractivity contribution in [1.82, 2.24) is 9.80 Å². The molecule has 2 amide bonds. The van der Waals surface area contributed by atoms with E-state index in [1.807, 2.05) is 4.90 Å². The minimum atomic E-state index is -0.0238. The van der Waals surface area contributed by atoms with E-state index in [9.17, 15) is 9.59 Å². The van der Waals surface area contributed by atoms with Crippen LogP contribution in [0.1, 0.15) is 36.0 Å². The van der Waals surface area contributed by atoms with Crippen LogP contribution in [0.2, 0.25) is 5.02 Å². The molecular formula is C18H24ClN3O2. The van der Waals surface area contributed by atoms with E-state index in [4.69, 9.17) is 17.3 Å². The van der Waals surface area contributed by atoms with E-state index in [1.54, 1.807) is 29.2 Å². The molecule has 0 spiro atoms. The number of amides is 2. The monoisotopic (exact) mass is 349 g/mol. The van der Waals surface area contributed by atoms with Crippen molar-refractivity contribution in [2.24, 2.45) is 11.7 Å². The molecule has 6 heteroatoms. The van der Waals surface area contributed by atoms with Crippen molar-refractivity contribution in [2.45, 2.75) is 31.7 Å². The van der Waals surface area contributed by atoms with Crippen LogP contribution < -0.4 is 5.73 Å². The van der Waals surface area contributed by atoms with E-state index in [0.717, 1.165) is 25.7 Å². The number of piperazine rings is 1. The SMILES string of the molecule is NC1CCCC(C(=O)N2CCN(C(=O)c3cccc(Cl)c3)CC2)C1. The van der Waals surface area contributed by atoms with Gasteiger partial charge in [-0.2, -0.15) is 0 Å². The van der Waals surface area contributed by atoms with Crippen LogP contribution in [0.15, 0.2) is 24.3 Å². The summed E-state index contributed by atoms with van der Waals surface area (Å²) in [7, 11) is 0. The van der Waals surface area contributed by atoms with Crippen molar-refractivity contribution >= 4 is 23.4 Å². The Kier molecular flexibility index (Phi) is 5.41. The third-order valence-corrected chi connectivity index (χ3v) is 5.25. The van der Waals surface area contributed by atoms with E-state index < -0.39 is 0 Å². The maximum absolute atomic E-state index is 12.6. The van der Waals surface area contributed by atoms with Crippen molar-refractivity contribution in [2.75, 3.05) is 26.2 Å². The molecule has 24 heavy (non-hydrogen) atoms. The number of rotatable bonds is 2. The first-order valence-electron chi connectivity index (χ1n) is 8.64. The lowest BCUT2D eigenvalue weighted by atomic mass is 9.85. The molecule has 2 aliphatic rings. The van der Waals surface area contributed by atoms with Crippen LogP contribution in [0.3, 0.4) is 0 Å². The number of hydrogen-bond acceptors (Lipinski definition) is 3. The molecular weight excluding hydrogens is 326 g/mol.